The second-order valence-corrected chi connectivity index (χ2v) is 17.0. The maximum Gasteiger partial charge on any atom is 0.315 e. The molecule has 0 radical (unpaired) electrons. The van der Waals surface area contributed by atoms with Gasteiger partial charge in [0.25, 0.3) is 5.91 Å². The second-order valence-electron chi connectivity index (χ2n) is 17.0. The van der Waals surface area contributed by atoms with Crippen molar-refractivity contribution >= 4 is 35.4 Å². The zero-order valence-corrected chi connectivity index (χ0v) is 30.5. The standard InChI is InChI=1S/C38H56N6O6/c1-36(2,3)31(42-35(50)43-38(6)17-11-8-12-18-38)34(49)44-22-25-28(37(25,4)5)29(44)32(47)41-26(19-23-15-16-23)30(46)33(48)40-21-27(45)39-20-24-13-9-7-10-14-24/h7,9-10,13-14,23,25-26,28-29,31H,8,11-12,15-22H2,1-6H3,(H,39,45)(H,40,48)(H,41,47)(H2,42,43,50)/t25-,26?,28-,29-,31+/m0/s1. The summed E-state index contributed by atoms with van der Waals surface area (Å²) in [7, 11) is 0. The molecule has 5 N–H and O–H groups in total. The van der Waals surface area contributed by atoms with E-state index in [1.165, 1.54) is 0 Å². The molecule has 1 aromatic carbocycles. The molecule has 3 aliphatic carbocycles. The van der Waals surface area contributed by atoms with Crippen molar-refractivity contribution in [2.75, 3.05) is 13.1 Å². The highest BCUT2D eigenvalue weighted by Crippen LogP contribution is 2.65. The van der Waals surface area contributed by atoms with E-state index < -0.39 is 53.1 Å². The minimum Gasteiger partial charge on any atom is -0.350 e. The van der Waals surface area contributed by atoms with Gasteiger partial charge in [0.15, 0.2) is 0 Å². The van der Waals surface area contributed by atoms with Crippen LogP contribution in [0.5, 0.6) is 0 Å². The summed E-state index contributed by atoms with van der Waals surface area (Å²) in [4.78, 5) is 82.2. The molecule has 1 heterocycles. The van der Waals surface area contributed by atoms with Crippen molar-refractivity contribution in [1.29, 1.82) is 0 Å². The van der Waals surface area contributed by atoms with Gasteiger partial charge in [-0.25, -0.2) is 4.79 Å². The highest BCUT2D eigenvalue weighted by atomic mass is 16.2. The molecule has 1 aliphatic heterocycles. The Kier molecular flexibility index (Phi) is 11.0. The zero-order chi connectivity index (χ0) is 36.4. The molecule has 3 saturated carbocycles. The summed E-state index contributed by atoms with van der Waals surface area (Å²) >= 11 is 0. The minimum atomic E-state index is -1.08. The second kappa shape index (κ2) is 14.7. The van der Waals surface area contributed by atoms with Crippen molar-refractivity contribution in [3.8, 4) is 0 Å². The first-order valence-corrected chi connectivity index (χ1v) is 18.3. The molecule has 0 aromatic heterocycles. The molecule has 6 amide bonds. The van der Waals surface area contributed by atoms with Crippen LogP contribution >= 0.6 is 0 Å². The normalized spacial score (nSPS) is 24.5. The summed E-state index contributed by atoms with van der Waals surface area (Å²) in [5.74, 6) is -2.84. The number of ketones is 1. The smallest absolute Gasteiger partial charge is 0.315 e. The van der Waals surface area contributed by atoms with Crippen LogP contribution in [0.2, 0.25) is 0 Å². The lowest BCUT2D eigenvalue weighted by Crippen LogP contribution is -2.62. The largest absolute Gasteiger partial charge is 0.350 e. The van der Waals surface area contributed by atoms with Crippen LogP contribution in [0.15, 0.2) is 30.3 Å². The maximum absolute atomic E-state index is 14.3. The summed E-state index contributed by atoms with van der Waals surface area (Å²) in [5, 5.41) is 14.1. The fraction of sp³-hybridized carbons (Fsp3) is 0.684. The number of piperidine rings is 1. The first-order chi connectivity index (χ1) is 23.5. The molecule has 12 heteroatoms. The van der Waals surface area contributed by atoms with Crippen LogP contribution in [0, 0.1) is 28.6 Å². The first kappa shape index (κ1) is 37.3. The van der Waals surface area contributed by atoms with Gasteiger partial charge in [0.05, 0.1) is 12.6 Å². The Hall–Kier alpha value is -3.96. The Morgan fingerprint density at radius 3 is 2.18 bits per heavy atom. The molecule has 50 heavy (non-hydrogen) atoms. The Balaban J connectivity index is 1.24. The number of fused-ring (bicyclic) bond motifs is 1. The third kappa shape index (κ3) is 8.84. The van der Waals surface area contributed by atoms with E-state index in [1.807, 2.05) is 58.0 Å². The lowest BCUT2D eigenvalue weighted by Gasteiger charge is -2.39. The number of nitrogens with one attached hydrogen (secondary N) is 5. The van der Waals surface area contributed by atoms with Gasteiger partial charge in [-0.15, -0.1) is 0 Å². The number of hydrogen-bond donors (Lipinski definition) is 5. The molecule has 5 atom stereocenters. The van der Waals surface area contributed by atoms with Crippen molar-refractivity contribution in [2.24, 2.45) is 28.6 Å². The van der Waals surface area contributed by atoms with Gasteiger partial charge >= 0.3 is 6.03 Å². The van der Waals surface area contributed by atoms with Crippen LogP contribution in [0.4, 0.5) is 4.79 Å². The van der Waals surface area contributed by atoms with E-state index in [0.29, 0.717) is 13.0 Å². The number of amides is 6. The van der Waals surface area contributed by atoms with Crippen LogP contribution in [0.25, 0.3) is 0 Å². The van der Waals surface area contributed by atoms with Crippen molar-refractivity contribution < 1.29 is 28.8 Å². The van der Waals surface area contributed by atoms with E-state index in [0.717, 1.165) is 50.5 Å². The summed E-state index contributed by atoms with van der Waals surface area (Å²) in [6.45, 7) is 12.1. The van der Waals surface area contributed by atoms with Crippen molar-refractivity contribution in [3.63, 3.8) is 0 Å². The van der Waals surface area contributed by atoms with Gasteiger partial charge in [-0.2, -0.15) is 0 Å². The average Bonchev–Trinajstić information content (AvgIpc) is 3.91. The molecule has 1 aromatic rings. The highest BCUT2D eigenvalue weighted by molar-refractivity contribution is 6.38. The molecular weight excluding hydrogens is 636 g/mol. The van der Waals surface area contributed by atoms with Crippen LogP contribution < -0.4 is 26.6 Å². The number of likely N-dealkylation sites (tertiary alicyclic amines) is 1. The molecule has 0 bridgehead atoms. The predicted molar refractivity (Wildman–Crippen MR) is 188 cm³/mol. The number of nitrogens with zero attached hydrogens (tertiary/aromatic N) is 1. The van der Waals surface area contributed by atoms with E-state index >= 15 is 0 Å². The average molecular weight is 693 g/mol. The Morgan fingerprint density at radius 1 is 0.900 bits per heavy atom. The van der Waals surface area contributed by atoms with Crippen LogP contribution in [0.1, 0.15) is 98.5 Å². The quantitative estimate of drug-likeness (QED) is 0.199. The fourth-order valence-corrected chi connectivity index (χ4v) is 7.97. The van der Waals surface area contributed by atoms with Gasteiger partial charge in [0.1, 0.15) is 12.1 Å². The van der Waals surface area contributed by atoms with E-state index in [4.69, 9.17) is 0 Å². The van der Waals surface area contributed by atoms with E-state index in [2.05, 4.69) is 40.4 Å². The molecule has 0 spiro atoms. The summed E-state index contributed by atoms with van der Waals surface area (Å²) in [5.41, 5.74) is -0.271. The van der Waals surface area contributed by atoms with Crippen LogP contribution in [-0.2, 0) is 30.5 Å². The first-order valence-electron chi connectivity index (χ1n) is 18.3. The SMILES string of the molecule is CC1(NC(=O)N[C@H](C(=O)N2C[C@H]3[C@@H]([C@H]2C(=O)NC(CC2CC2)C(=O)C(=O)NCC(=O)NCc2ccccc2)C3(C)C)C(C)(C)C)CCCCC1. The summed E-state index contributed by atoms with van der Waals surface area (Å²) in [6, 6.07) is 6.10. The Bertz CT molecular complexity index is 1460. The van der Waals surface area contributed by atoms with E-state index in [9.17, 15) is 28.8 Å². The monoisotopic (exact) mass is 692 g/mol. The molecule has 5 rings (SSSR count). The maximum atomic E-state index is 14.3. The van der Waals surface area contributed by atoms with E-state index in [-0.39, 0.29) is 47.7 Å². The molecule has 12 nitrogen and oxygen atoms in total. The van der Waals surface area contributed by atoms with Crippen LogP contribution in [-0.4, -0.2) is 77.1 Å². The third-order valence-electron chi connectivity index (χ3n) is 11.4. The molecule has 4 aliphatic rings. The summed E-state index contributed by atoms with van der Waals surface area (Å²) < 4.78 is 0. The van der Waals surface area contributed by atoms with Gasteiger partial charge < -0.3 is 31.5 Å². The van der Waals surface area contributed by atoms with Gasteiger partial charge in [0.2, 0.25) is 23.5 Å². The zero-order valence-electron chi connectivity index (χ0n) is 30.5. The molecule has 274 valence electrons. The lowest BCUT2D eigenvalue weighted by atomic mass is 9.83. The lowest BCUT2D eigenvalue weighted by molar-refractivity contribution is -0.145. The van der Waals surface area contributed by atoms with Gasteiger partial charge in [-0.05, 0) is 60.3 Å². The summed E-state index contributed by atoms with van der Waals surface area (Å²) in [6.07, 6.45) is 7.08. The minimum absolute atomic E-state index is 0.0908. The number of Topliss-reactive ketones (excluding diaryl/α,β-unsaturated/α-hetero) is 1. The number of carbonyl (C=O) groups is 6. The predicted octanol–water partition coefficient (Wildman–Crippen LogP) is 3.19. The number of benzene rings is 1. The topological polar surface area (TPSA) is 166 Å². The van der Waals surface area contributed by atoms with Gasteiger partial charge in [-0.1, -0.05) is 97.1 Å². The molecule has 1 saturated heterocycles. The van der Waals surface area contributed by atoms with Gasteiger partial charge in [0, 0.05) is 18.6 Å². The van der Waals surface area contributed by atoms with Gasteiger partial charge in [-0.3, -0.25) is 24.0 Å². The number of rotatable bonds is 13. The Labute approximate surface area is 296 Å². The number of urea groups is 1. The number of hydrogen-bond acceptors (Lipinski definition) is 6. The molecular formula is C38H56N6O6. The van der Waals surface area contributed by atoms with E-state index in [1.54, 1.807) is 4.90 Å². The Morgan fingerprint density at radius 2 is 1.56 bits per heavy atom. The van der Waals surface area contributed by atoms with Crippen molar-refractivity contribution in [3.05, 3.63) is 35.9 Å². The molecule has 1 unspecified atom stereocenters. The fourth-order valence-electron chi connectivity index (χ4n) is 7.97. The van der Waals surface area contributed by atoms with Crippen molar-refractivity contribution in [1.82, 2.24) is 31.5 Å². The number of carbonyl (C=O) groups excluding carboxylic acids is 6. The third-order valence-corrected chi connectivity index (χ3v) is 11.4. The highest BCUT2D eigenvalue weighted by Gasteiger charge is 2.70. The molecule has 4 fully saturated rings. The van der Waals surface area contributed by atoms with Crippen LogP contribution in [0.3, 0.4) is 0 Å². The van der Waals surface area contributed by atoms with Crippen molar-refractivity contribution in [2.45, 2.75) is 123 Å².